The van der Waals surface area contributed by atoms with Crippen molar-refractivity contribution in [1.82, 2.24) is 15.3 Å². The third kappa shape index (κ3) is 3.62. The van der Waals surface area contributed by atoms with Gasteiger partial charge >= 0.3 is 0 Å². The Morgan fingerprint density at radius 3 is 2.67 bits per heavy atom. The molecule has 2 N–H and O–H groups in total. The summed E-state index contributed by atoms with van der Waals surface area (Å²) in [7, 11) is 1.67. The van der Waals surface area contributed by atoms with Crippen LogP contribution >= 0.6 is 15.9 Å². The van der Waals surface area contributed by atoms with E-state index < -0.39 is 0 Å². The molecule has 0 radical (unpaired) electrons. The lowest BCUT2D eigenvalue weighted by Crippen LogP contribution is -2.26. The second-order valence-electron chi connectivity index (χ2n) is 6.21. The molecule has 0 aliphatic carbocycles. The first-order chi connectivity index (χ1) is 11.6. The van der Waals surface area contributed by atoms with Crippen molar-refractivity contribution in [3.8, 4) is 5.75 Å². The van der Waals surface area contributed by atoms with Crippen LogP contribution in [0.15, 0.2) is 46.9 Å². The predicted molar refractivity (Wildman–Crippen MR) is 101 cm³/mol. The molecule has 0 aliphatic rings. The standard InChI is InChI=1S/C19H22BrN3O/c1-12(2)18(19-22-15-6-4-5-7-16(15)23-19)21-11-13-8-9-17(24-3)14(20)10-13/h4-10,12,18,21H,11H2,1-3H3,(H,22,23). The highest BCUT2D eigenvalue weighted by Crippen LogP contribution is 2.27. The summed E-state index contributed by atoms with van der Waals surface area (Å²) in [5.41, 5.74) is 3.28. The Bertz CT molecular complexity index is 795. The molecule has 1 atom stereocenters. The van der Waals surface area contributed by atoms with Gasteiger partial charge in [0, 0.05) is 6.54 Å². The van der Waals surface area contributed by atoms with Crippen LogP contribution in [0.1, 0.15) is 31.3 Å². The number of benzene rings is 2. The SMILES string of the molecule is COc1ccc(CNC(c2nc3ccccc3[nH]2)C(C)C)cc1Br. The van der Waals surface area contributed by atoms with Crippen LogP contribution in [0, 0.1) is 5.92 Å². The maximum atomic E-state index is 5.28. The number of nitrogens with one attached hydrogen (secondary N) is 2. The quantitative estimate of drug-likeness (QED) is 0.637. The molecule has 0 bridgehead atoms. The molecule has 24 heavy (non-hydrogen) atoms. The number of hydrogen-bond acceptors (Lipinski definition) is 3. The molecule has 1 heterocycles. The van der Waals surface area contributed by atoms with Gasteiger partial charge in [0.15, 0.2) is 0 Å². The summed E-state index contributed by atoms with van der Waals surface area (Å²) in [5.74, 6) is 2.25. The van der Waals surface area contributed by atoms with E-state index in [4.69, 9.17) is 9.72 Å². The Kier molecular flexibility index (Phi) is 5.21. The van der Waals surface area contributed by atoms with E-state index in [0.717, 1.165) is 33.6 Å². The minimum atomic E-state index is 0.165. The Hall–Kier alpha value is -1.85. The minimum absolute atomic E-state index is 0.165. The van der Waals surface area contributed by atoms with E-state index in [1.807, 2.05) is 24.3 Å². The Labute approximate surface area is 150 Å². The number of rotatable bonds is 6. The van der Waals surface area contributed by atoms with Crippen molar-refractivity contribution >= 4 is 27.0 Å². The summed E-state index contributed by atoms with van der Waals surface area (Å²) in [6.07, 6.45) is 0. The molecule has 126 valence electrons. The third-order valence-corrected chi connectivity index (χ3v) is 4.73. The van der Waals surface area contributed by atoms with Crippen LogP contribution in [-0.4, -0.2) is 17.1 Å². The van der Waals surface area contributed by atoms with Crippen molar-refractivity contribution in [3.05, 3.63) is 58.3 Å². The average molecular weight is 388 g/mol. The number of para-hydroxylation sites is 2. The van der Waals surface area contributed by atoms with Gasteiger partial charge in [0.2, 0.25) is 0 Å². The Morgan fingerprint density at radius 2 is 2.00 bits per heavy atom. The summed E-state index contributed by atoms with van der Waals surface area (Å²) < 4.78 is 6.25. The molecular formula is C19H22BrN3O. The van der Waals surface area contributed by atoms with E-state index in [1.54, 1.807) is 7.11 Å². The number of methoxy groups -OCH3 is 1. The van der Waals surface area contributed by atoms with E-state index in [-0.39, 0.29) is 6.04 Å². The number of H-pyrrole nitrogens is 1. The Balaban J connectivity index is 1.78. The molecule has 0 saturated heterocycles. The van der Waals surface area contributed by atoms with Crippen LogP contribution in [0.5, 0.6) is 5.75 Å². The smallest absolute Gasteiger partial charge is 0.133 e. The summed E-state index contributed by atoms with van der Waals surface area (Å²) in [6, 6.07) is 14.4. The van der Waals surface area contributed by atoms with Gasteiger partial charge < -0.3 is 15.0 Å². The van der Waals surface area contributed by atoms with Crippen LogP contribution in [-0.2, 0) is 6.54 Å². The first-order valence-corrected chi connectivity index (χ1v) is 8.88. The van der Waals surface area contributed by atoms with E-state index in [0.29, 0.717) is 5.92 Å². The van der Waals surface area contributed by atoms with E-state index >= 15 is 0 Å². The number of aromatic nitrogens is 2. The van der Waals surface area contributed by atoms with Crippen molar-refractivity contribution in [2.45, 2.75) is 26.4 Å². The fraction of sp³-hybridized carbons (Fsp3) is 0.316. The molecule has 1 aromatic heterocycles. The molecule has 2 aromatic carbocycles. The van der Waals surface area contributed by atoms with Crippen molar-refractivity contribution < 1.29 is 4.74 Å². The number of halogens is 1. The second-order valence-corrected chi connectivity index (χ2v) is 7.07. The maximum absolute atomic E-state index is 5.28. The fourth-order valence-corrected chi connectivity index (χ4v) is 3.40. The lowest BCUT2D eigenvalue weighted by atomic mass is 10.0. The summed E-state index contributed by atoms with van der Waals surface area (Å²) in [5, 5.41) is 3.62. The van der Waals surface area contributed by atoms with Gasteiger partial charge in [0.25, 0.3) is 0 Å². The fourth-order valence-electron chi connectivity index (χ4n) is 2.82. The number of aromatic amines is 1. The van der Waals surface area contributed by atoms with Crippen LogP contribution in [0.4, 0.5) is 0 Å². The summed E-state index contributed by atoms with van der Waals surface area (Å²) >= 11 is 3.54. The third-order valence-electron chi connectivity index (χ3n) is 4.11. The number of hydrogen-bond donors (Lipinski definition) is 2. The molecule has 0 amide bonds. The second kappa shape index (κ2) is 7.36. The van der Waals surface area contributed by atoms with Gasteiger partial charge in [0.05, 0.1) is 28.7 Å². The highest BCUT2D eigenvalue weighted by atomic mass is 79.9. The number of fused-ring (bicyclic) bond motifs is 1. The zero-order valence-corrected chi connectivity index (χ0v) is 15.7. The van der Waals surface area contributed by atoms with Gasteiger partial charge in [-0.05, 0) is 51.7 Å². The molecule has 0 aliphatic heterocycles. The summed E-state index contributed by atoms with van der Waals surface area (Å²) in [6.45, 7) is 5.17. The highest BCUT2D eigenvalue weighted by Gasteiger charge is 2.19. The van der Waals surface area contributed by atoms with Gasteiger partial charge in [-0.15, -0.1) is 0 Å². The Morgan fingerprint density at radius 1 is 1.21 bits per heavy atom. The van der Waals surface area contributed by atoms with Crippen molar-refractivity contribution in [1.29, 1.82) is 0 Å². The number of imidazole rings is 1. The number of ether oxygens (including phenoxy) is 1. The predicted octanol–water partition coefficient (Wildman–Crippen LogP) is 4.82. The minimum Gasteiger partial charge on any atom is -0.496 e. The molecule has 0 fully saturated rings. The van der Waals surface area contributed by atoms with Crippen molar-refractivity contribution in [3.63, 3.8) is 0 Å². The molecule has 3 rings (SSSR count). The normalized spacial score (nSPS) is 12.7. The monoisotopic (exact) mass is 387 g/mol. The molecule has 1 unspecified atom stereocenters. The lowest BCUT2D eigenvalue weighted by Gasteiger charge is -2.20. The van der Waals surface area contributed by atoms with Gasteiger partial charge in [-0.3, -0.25) is 0 Å². The van der Waals surface area contributed by atoms with Crippen LogP contribution in [0.25, 0.3) is 11.0 Å². The maximum Gasteiger partial charge on any atom is 0.133 e. The van der Waals surface area contributed by atoms with E-state index in [9.17, 15) is 0 Å². The zero-order valence-electron chi connectivity index (χ0n) is 14.1. The van der Waals surface area contributed by atoms with Crippen LogP contribution in [0.2, 0.25) is 0 Å². The van der Waals surface area contributed by atoms with E-state index in [1.165, 1.54) is 5.56 Å². The lowest BCUT2D eigenvalue weighted by molar-refractivity contribution is 0.395. The number of nitrogens with zero attached hydrogens (tertiary/aromatic N) is 1. The van der Waals surface area contributed by atoms with Crippen LogP contribution in [0.3, 0.4) is 0 Å². The summed E-state index contributed by atoms with van der Waals surface area (Å²) in [4.78, 5) is 8.18. The molecule has 5 heteroatoms. The van der Waals surface area contributed by atoms with Gasteiger partial charge in [-0.25, -0.2) is 4.98 Å². The van der Waals surface area contributed by atoms with Crippen LogP contribution < -0.4 is 10.1 Å². The topological polar surface area (TPSA) is 49.9 Å². The van der Waals surface area contributed by atoms with Crippen molar-refractivity contribution in [2.24, 2.45) is 5.92 Å². The molecular weight excluding hydrogens is 366 g/mol. The van der Waals surface area contributed by atoms with Gasteiger partial charge in [-0.1, -0.05) is 32.0 Å². The van der Waals surface area contributed by atoms with E-state index in [2.05, 4.69) is 58.3 Å². The molecule has 0 spiro atoms. The molecule has 0 saturated carbocycles. The molecule has 3 aromatic rings. The van der Waals surface area contributed by atoms with Crippen molar-refractivity contribution in [2.75, 3.05) is 7.11 Å². The highest BCUT2D eigenvalue weighted by molar-refractivity contribution is 9.10. The van der Waals surface area contributed by atoms with Gasteiger partial charge in [0.1, 0.15) is 11.6 Å². The first-order valence-electron chi connectivity index (χ1n) is 8.09. The average Bonchev–Trinajstić information content (AvgIpc) is 2.98. The van der Waals surface area contributed by atoms with Gasteiger partial charge in [-0.2, -0.15) is 0 Å². The largest absolute Gasteiger partial charge is 0.496 e. The first kappa shape index (κ1) is 17.0. The zero-order chi connectivity index (χ0) is 17.1. The molecule has 4 nitrogen and oxygen atoms in total.